The van der Waals surface area contributed by atoms with E-state index in [1.165, 1.54) is 32.5 Å². The summed E-state index contributed by atoms with van der Waals surface area (Å²) in [5.41, 5.74) is 13.0. The van der Waals surface area contributed by atoms with Crippen LogP contribution < -0.4 is 20.2 Å². The zero-order valence-corrected chi connectivity index (χ0v) is 38.4. The molecule has 0 bridgehead atoms. The summed E-state index contributed by atoms with van der Waals surface area (Å²) < 4.78 is 17.7. The summed E-state index contributed by atoms with van der Waals surface area (Å²) in [6.07, 6.45) is 22.0. The molecule has 0 radical (unpaired) electrons. The zero-order valence-electron chi connectivity index (χ0n) is 38.4. The molecule has 3 aliphatic carbocycles. The fourth-order valence-corrected chi connectivity index (χ4v) is 12.3. The maximum atomic E-state index is 6.45. The normalized spacial score (nSPS) is 19.4. The number of aromatic nitrogens is 5. The molecule has 8 heteroatoms. The van der Waals surface area contributed by atoms with E-state index in [0.29, 0.717) is 17.6 Å². The van der Waals surface area contributed by atoms with E-state index in [1.54, 1.807) is 0 Å². The highest BCUT2D eigenvalue weighted by molar-refractivity contribution is 6.12. The van der Waals surface area contributed by atoms with Crippen LogP contribution >= 0.6 is 0 Å². The fourth-order valence-electron chi connectivity index (χ4n) is 12.3. The molecule has 11 aromatic rings. The summed E-state index contributed by atoms with van der Waals surface area (Å²) in [5, 5.41) is 8.12. The van der Waals surface area contributed by atoms with Gasteiger partial charge in [-0.3, -0.25) is 0 Å². The van der Waals surface area contributed by atoms with Gasteiger partial charge < -0.3 is 23.2 Å². The Kier molecular flexibility index (Phi) is 8.08. The van der Waals surface area contributed by atoms with Gasteiger partial charge in [-0.2, -0.15) is 9.97 Å². The van der Waals surface area contributed by atoms with Crippen LogP contribution in [0.1, 0.15) is 41.6 Å². The highest BCUT2D eigenvalue weighted by atomic mass is 16.5. The molecule has 2 aliphatic heterocycles. The lowest BCUT2D eigenvalue weighted by Gasteiger charge is -2.27. The topological polar surface area (TPSA) is 74.1 Å². The first-order valence-electron chi connectivity index (χ1n) is 24.6. The lowest BCUT2D eigenvalue weighted by atomic mass is 9.90. The monoisotopic (exact) mass is 914 g/mol. The highest BCUT2D eigenvalue weighted by Gasteiger charge is 2.42. The molecule has 8 nitrogen and oxygen atoms in total. The van der Waals surface area contributed by atoms with E-state index in [9.17, 15) is 0 Å². The number of benzene rings is 7. The van der Waals surface area contributed by atoms with Gasteiger partial charge in [0.05, 0.1) is 27.9 Å². The van der Waals surface area contributed by atoms with E-state index >= 15 is 0 Å². The molecule has 0 N–H and O–H groups in total. The second kappa shape index (κ2) is 14.7. The van der Waals surface area contributed by atoms with Crippen LogP contribution in [0.2, 0.25) is 0 Å². The van der Waals surface area contributed by atoms with Gasteiger partial charge in [-0.25, -0.2) is 4.98 Å². The summed E-state index contributed by atoms with van der Waals surface area (Å²) in [7, 11) is 0. The molecule has 16 rings (SSSR count). The molecule has 336 valence electrons. The number of ether oxygens (including phenoxy) is 1. The number of allylic oxidation sites excluding steroid dienone is 6. The van der Waals surface area contributed by atoms with Crippen molar-refractivity contribution < 1.29 is 9.15 Å². The van der Waals surface area contributed by atoms with Gasteiger partial charge in [0.15, 0.2) is 11.6 Å². The van der Waals surface area contributed by atoms with Crippen LogP contribution in [0, 0.1) is 0 Å². The van der Waals surface area contributed by atoms with Crippen LogP contribution in [0.15, 0.2) is 199 Å². The van der Waals surface area contributed by atoms with Crippen molar-refractivity contribution in [3.8, 4) is 28.5 Å². The fraction of sp³-hybridized carbons (Fsp3) is 0.0952. The first-order valence-corrected chi connectivity index (χ1v) is 24.6. The third kappa shape index (κ3) is 5.70. The average Bonchev–Trinajstić information content (AvgIpc) is 4.23. The highest BCUT2D eigenvalue weighted by Crippen LogP contribution is 2.51. The molecule has 0 fully saturated rings. The standard InChI is InChI=1S/C63H42N6O2/c1-3-15-37(16-4-1)61-64-62(38-17-5-2-6-18-38)66-63(65-61)69-55-33-45-41-19-7-11-23-51(41)67(39-27-29-59-49(31-39)43-21-9-13-25-57(43)70-59)53(45)35-47(55)48-36-54-46(34-56(48)69)42-20-8-12-24-52(42)68(54)40-28-30-60-50(32-40)44-22-10-14-26-58(44)71-60/h1-5,7-17,19-36,43,47,55,57H,6,18H2. The molecule has 0 amide bonds. The van der Waals surface area contributed by atoms with Crippen molar-refractivity contribution in [1.82, 2.24) is 24.1 Å². The van der Waals surface area contributed by atoms with Gasteiger partial charge >= 0.3 is 0 Å². The minimum atomic E-state index is -0.149. The van der Waals surface area contributed by atoms with Crippen molar-refractivity contribution in [1.29, 1.82) is 0 Å². The zero-order chi connectivity index (χ0) is 46.3. The van der Waals surface area contributed by atoms with Gasteiger partial charge in [-0.1, -0.05) is 127 Å². The summed E-state index contributed by atoms with van der Waals surface area (Å²) >= 11 is 0. The summed E-state index contributed by atoms with van der Waals surface area (Å²) in [4.78, 5) is 18.5. The van der Waals surface area contributed by atoms with Gasteiger partial charge in [0.25, 0.3) is 0 Å². The quantitative estimate of drug-likeness (QED) is 0.171. The number of hydrogen-bond donors (Lipinski definition) is 0. The van der Waals surface area contributed by atoms with Gasteiger partial charge in [0.2, 0.25) is 5.95 Å². The molecule has 5 aliphatic rings. The number of fused-ring (bicyclic) bond motifs is 15. The minimum absolute atomic E-state index is 0.0137. The van der Waals surface area contributed by atoms with Crippen LogP contribution in [0.25, 0.3) is 95.1 Å². The third-order valence-electron chi connectivity index (χ3n) is 15.5. The molecule has 0 saturated carbocycles. The Hall–Kier alpha value is -9.01. The van der Waals surface area contributed by atoms with E-state index < -0.39 is 0 Å². The molecule has 71 heavy (non-hydrogen) atoms. The number of anilines is 2. The molecular formula is C63H42N6O2. The number of nitrogens with zero attached hydrogens (tertiary/aromatic N) is 6. The number of para-hydroxylation sites is 3. The molecule has 6 heterocycles. The molecule has 4 aromatic heterocycles. The summed E-state index contributed by atoms with van der Waals surface area (Å²) in [6, 6.07) is 54.3. The molecule has 7 aromatic carbocycles. The Bertz CT molecular complexity index is 4380. The van der Waals surface area contributed by atoms with E-state index in [1.807, 2.05) is 18.2 Å². The maximum absolute atomic E-state index is 6.45. The van der Waals surface area contributed by atoms with Crippen molar-refractivity contribution in [2.75, 3.05) is 4.90 Å². The average molecular weight is 915 g/mol. The predicted molar refractivity (Wildman–Crippen MR) is 285 cm³/mol. The molecule has 0 saturated heterocycles. The summed E-state index contributed by atoms with van der Waals surface area (Å²) in [6.45, 7) is 0. The lowest BCUT2D eigenvalue weighted by Crippen LogP contribution is -2.40. The van der Waals surface area contributed by atoms with Gasteiger partial charge in [0, 0.05) is 72.2 Å². The van der Waals surface area contributed by atoms with Crippen LogP contribution in [0.3, 0.4) is 0 Å². The van der Waals surface area contributed by atoms with Crippen molar-refractivity contribution in [2.24, 2.45) is 0 Å². The maximum Gasteiger partial charge on any atom is 0.234 e. The smallest absolute Gasteiger partial charge is 0.234 e. The Morgan fingerprint density at radius 2 is 1.30 bits per heavy atom. The van der Waals surface area contributed by atoms with E-state index in [-0.39, 0.29) is 24.0 Å². The second-order valence-electron chi connectivity index (χ2n) is 19.3. The van der Waals surface area contributed by atoms with Crippen molar-refractivity contribution >= 4 is 84.0 Å². The first kappa shape index (κ1) is 38.9. The Morgan fingerprint density at radius 3 is 2.18 bits per heavy atom. The van der Waals surface area contributed by atoms with Crippen LogP contribution in [0.5, 0.6) is 5.75 Å². The summed E-state index contributed by atoms with van der Waals surface area (Å²) in [5.74, 6) is 3.07. The van der Waals surface area contributed by atoms with Crippen molar-refractivity contribution in [3.63, 3.8) is 0 Å². The van der Waals surface area contributed by atoms with Gasteiger partial charge in [-0.05, 0) is 103 Å². The Balaban J connectivity index is 0.971. The number of rotatable bonds is 5. The van der Waals surface area contributed by atoms with E-state index in [2.05, 4.69) is 202 Å². The van der Waals surface area contributed by atoms with E-state index in [4.69, 9.17) is 24.1 Å². The Morgan fingerprint density at radius 1 is 0.535 bits per heavy atom. The first-order chi connectivity index (χ1) is 35.2. The Labute approximate surface area is 407 Å². The molecule has 4 unspecified atom stereocenters. The van der Waals surface area contributed by atoms with Crippen LogP contribution in [0.4, 0.5) is 11.6 Å². The second-order valence-corrected chi connectivity index (χ2v) is 19.3. The molecule has 4 atom stereocenters. The van der Waals surface area contributed by atoms with Crippen LogP contribution in [-0.4, -0.2) is 36.2 Å². The SMILES string of the molecule is C1=CCCC(c2nc(-c3ccccc3)nc(N3c4cc5c6ccccc6n(-c6ccc7oc8ccccc8c7c6)c5cc4C4C=c5c(c6ccccc6n5-c5ccc6c(c5)C5C=CC=CC5O6)=CC43)n2)=C1. The largest absolute Gasteiger partial charge is 0.485 e. The molecule has 0 spiro atoms. The van der Waals surface area contributed by atoms with E-state index in [0.717, 1.165) is 90.7 Å². The lowest BCUT2D eigenvalue weighted by molar-refractivity contribution is 0.269. The molecular weight excluding hydrogens is 873 g/mol. The van der Waals surface area contributed by atoms with Gasteiger partial charge in [-0.15, -0.1) is 0 Å². The van der Waals surface area contributed by atoms with Crippen molar-refractivity contribution in [3.05, 3.63) is 222 Å². The number of furan rings is 1. The van der Waals surface area contributed by atoms with Crippen LogP contribution in [-0.2, 0) is 0 Å². The van der Waals surface area contributed by atoms with Gasteiger partial charge in [0.1, 0.15) is 23.0 Å². The number of hydrogen-bond acceptors (Lipinski definition) is 6. The predicted octanol–water partition coefficient (Wildman–Crippen LogP) is 13.1. The third-order valence-corrected chi connectivity index (χ3v) is 15.5. The minimum Gasteiger partial charge on any atom is -0.485 e. The van der Waals surface area contributed by atoms with Crippen molar-refractivity contribution in [2.45, 2.75) is 36.8 Å².